The standard InChI is InChI=1S/C20H12O5.CHNOS/c21-11-5-7-15-17(9-11)24-18-10-12(22)6-8-16(18)20(15)14-4-2-1-3-13(14)19(23)25-20;3-2-1-4/h1-10,21-22H;3H. The van der Waals surface area contributed by atoms with E-state index in [1.807, 2.05) is 12.1 Å². The molecule has 0 radical (unpaired) electrons. The molecule has 0 bridgehead atoms. The number of isothiocyanates is 1. The molecular weight excluding hydrogens is 394 g/mol. The number of carbonyl (C=O) groups excluding carboxylic acids is 1. The first-order valence-corrected chi connectivity index (χ1v) is 8.81. The van der Waals surface area contributed by atoms with Gasteiger partial charge >= 0.3 is 5.97 Å². The van der Waals surface area contributed by atoms with Crippen molar-refractivity contribution in [2.24, 2.45) is 5.16 Å². The van der Waals surface area contributed by atoms with Crippen LogP contribution in [0.4, 0.5) is 0 Å². The van der Waals surface area contributed by atoms with Gasteiger partial charge in [-0.25, -0.2) is 4.79 Å². The molecule has 0 atom stereocenters. The number of phenolic OH excluding ortho intramolecular Hbond substituents is 2. The van der Waals surface area contributed by atoms with Gasteiger partial charge in [-0.1, -0.05) is 18.2 Å². The Balaban J connectivity index is 0.000000472. The molecule has 0 fully saturated rings. The van der Waals surface area contributed by atoms with E-state index < -0.39 is 11.6 Å². The first kappa shape index (κ1) is 18.5. The van der Waals surface area contributed by atoms with Crippen molar-refractivity contribution in [3.8, 4) is 23.0 Å². The monoisotopic (exact) mass is 407 g/mol. The third-order valence-electron chi connectivity index (χ3n) is 4.72. The Bertz CT molecular complexity index is 1130. The van der Waals surface area contributed by atoms with Gasteiger partial charge in [0.25, 0.3) is 0 Å². The van der Waals surface area contributed by atoms with Crippen molar-refractivity contribution in [2.45, 2.75) is 5.60 Å². The van der Waals surface area contributed by atoms with Gasteiger partial charge < -0.3 is 24.9 Å². The van der Waals surface area contributed by atoms with E-state index in [1.165, 1.54) is 24.3 Å². The molecule has 0 saturated carbocycles. The zero-order valence-electron chi connectivity index (χ0n) is 14.7. The van der Waals surface area contributed by atoms with Crippen LogP contribution in [-0.4, -0.2) is 26.6 Å². The summed E-state index contributed by atoms with van der Waals surface area (Å²) in [5.41, 5.74) is 1.28. The van der Waals surface area contributed by atoms with Crippen molar-refractivity contribution < 1.29 is 29.7 Å². The largest absolute Gasteiger partial charge is 0.508 e. The summed E-state index contributed by atoms with van der Waals surface area (Å²) >= 11 is 3.89. The number of nitrogens with zero attached hydrogens (tertiary/aromatic N) is 1. The second-order valence-electron chi connectivity index (χ2n) is 6.27. The quantitative estimate of drug-likeness (QED) is 0.169. The highest BCUT2D eigenvalue weighted by Crippen LogP contribution is 2.56. The van der Waals surface area contributed by atoms with Crippen LogP contribution in [0.25, 0.3) is 0 Å². The fourth-order valence-electron chi connectivity index (χ4n) is 3.65. The molecule has 5 rings (SSSR count). The minimum Gasteiger partial charge on any atom is -0.508 e. The maximum Gasteiger partial charge on any atom is 0.340 e. The molecule has 0 aliphatic carbocycles. The van der Waals surface area contributed by atoms with Crippen molar-refractivity contribution in [1.29, 1.82) is 0 Å². The van der Waals surface area contributed by atoms with Crippen LogP contribution in [0.2, 0.25) is 0 Å². The third kappa shape index (κ3) is 2.79. The molecule has 2 heterocycles. The van der Waals surface area contributed by atoms with Crippen LogP contribution in [0.1, 0.15) is 27.0 Å². The molecule has 3 aromatic rings. The Morgan fingerprint density at radius 1 is 0.897 bits per heavy atom. The lowest BCUT2D eigenvalue weighted by Crippen LogP contribution is -2.32. The highest BCUT2D eigenvalue weighted by Gasteiger charge is 2.53. The molecule has 29 heavy (non-hydrogen) atoms. The number of thiocarbonyl (C=S) groups is 1. The van der Waals surface area contributed by atoms with Crippen LogP contribution >= 0.6 is 12.2 Å². The average molecular weight is 407 g/mol. The fourth-order valence-corrected chi connectivity index (χ4v) is 3.65. The molecule has 2 aliphatic heterocycles. The summed E-state index contributed by atoms with van der Waals surface area (Å²) in [6.07, 6.45) is 0. The summed E-state index contributed by atoms with van der Waals surface area (Å²) in [6, 6.07) is 16.6. The molecule has 8 heteroatoms. The van der Waals surface area contributed by atoms with Crippen LogP contribution in [0, 0.1) is 0 Å². The van der Waals surface area contributed by atoms with Crippen molar-refractivity contribution in [3.05, 3.63) is 82.9 Å². The van der Waals surface area contributed by atoms with Crippen molar-refractivity contribution in [2.75, 3.05) is 0 Å². The van der Waals surface area contributed by atoms with Gasteiger partial charge in [0.1, 0.15) is 28.2 Å². The van der Waals surface area contributed by atoms with E-state index in [0.717, 1.165) is 0 Å². The van der Waals surface area contributed by atoms with Gasteiger partial charge in [0.05, 0.1) is 5.56 Å². The number of ether oxygens (including phenoxy) is 2. The van der Waals surface area contributed by atoms with Crippen molar-refractivity contribution in [1.82, 2.24) is 0 Å². The summed E-state index contributed by atoms with van der Waals surface area (Å²) < 4.78 is 11.8. The molecular formula is C21H13NO6S. The smallest absolute Gasteiger partial charge is 0.340 e. The minimum atomic E-state index is -1.17. The predicted octanol–water partition coefficient (Wildman–Crippen LogP) is 4.14. The number of carbonyl (C=O) groups is 1. The van der Waals surface area contributed by atoms with E-state index in [9.17, 15) is 15.0 Å². The molecule has 0 aromatic heterocycles. The van der Waals surface area contributed by atoms with E-state index in [-0.39, 0.29) is 11.5 Å². The summed E-state index contributed by atoms with van der Waals surface area (Å²) in [5.74, 6) is 0.408. The molecule has 2 aliphatic rings. The summed E-state index contributed by atoms with van der Waals surface area (Å²) in [5, 5.41) is 30.9. The number of esters is 1. The summed E-state index contributed by atoms with van der Waals surface area (Å²) in [7, 11) is 0. The van der Waals surface area contributed by atoms with Crippen LogP contribution in [0.3, 0.4) is 0 Å². The van der Waals surface area contributed by atoms with Crippen LogP contribution < -0.4 is 4.74 Å². The number of hydrogen-bond acceptors (Lipinski definition) is 8. The average Bonchev–Trinajstić information content (AvgIpc) is 3.01. The second kappa shape index (κ2) is 6.94. The number of hydrogen-bond donors (Lipinski definition) is 3. The Morgan fingerprint density at radius 2 is 1.45 bits per heavy atom. The number of benzene rings is 3. The third-order valence-corrected chi connectivity index (χ3v) is 4.80. The van der Waals surface area contributed by atoms with E-state index in [0.29, 0.717) is 33.8 Å². The molecule has 7 nitrogen and oxygen atoms in total. The van der Waals surface area contributed by atoms with Gasteiger partial charge in [-0.3, -0.25) is 0 Å². The van der Waals surface area contributed by atoms with Crippen molar-refractivity contribution >= 4 is 23.3 Å². The molecule has 1 spiro atoms. The molecule has 0 saturated heterocycles. The molecule has 144 valence electrons. The Labute approximate surface area is 170 Å². The molecule has 0 amide bonds. The first-order chi connectivity index (χ1) is 14.0. The van der Waals surface area contributed by atoms with Gasteiger partial charge in [-0.15, -0.1) is 0 Å². The Morgan fingerprint density at radius 3 is 2.00 bits per heavy atom. The normalized spacial score (nSPS) is 14.1. The number of rotatable bonds is 0. The number of fused-ring (bicyclic) bond motifs is 6. The lowest BCUT2D eigenvalue weighted by atomic mass is 9.77. The van der Waals surface area contributed by atoms with Crippen LogP contribution in [-0.2, 0) is 10.3 Å². The lowest BCUT2D eigenvalue weighted by molar-refractivity contribution is 0.0224. The van der Waals surface area contributed by atoms with Gasteiger partial charge in [0.2, 0.25) is 0 Å². The Hall–Kier alpha value is -3.87. The first-order valence-electron chi connectivity index (χ1n) is 8.40. The molecule has 3 aromatic carbocycles. The number of phenols is 2. The summed E-state index contributed by atoms with van der Waals surface area (Å²) in [4.78, 5) is 12.5. The highest BCUT2D eigenvalue weighted by atomic mass is 32.1. The van der Waals surface area contributed by atoms with E-state index >= 15 is 0 Å². The van der Waals surface area contributed by atoms with E-state index in [2.05, 4.69) is 17.4 Å². The summed E-state index contributed by atoms with van der Waals surface area (Å²) in [6.45, 7) is 0. The zero-order valence-corrected chi connectivity index (χ0v) is 15.5. The SMILES string of the molecule is O=C1OC2(c3ccc(O)cc3Oc3cc(O)ccc32)c2ccccc21.ON=C=S. The van der Waals surface area contributed by atoms with E-state index in [1.54, 1.807) is 29.4 Å². The van der Waals surface area contributed by atoms with Gasteiger partial charge in [-0.2, -0.15) is 0 Å². The molecule has 0 unspecified atom stereocenters. The zero-order chi connectivity index (χ0) is 20.6. The minimum absolute atomic E-state index is 0.0371. The van der Waals surface area contributed by atoms with Gasteiger partial charge in [-0.05, 0) is 47.7 Å². The number of aromatic hydroxyl groups is 2. The lowest BCUT2D eigenvalue weighted by Gasteiger charge is -2.36. The predicted molar refractivity (Wildman–Crippen MR) is 105 cm³/mol. The fraction of sp³-hybridized carbons (Fsp3) is 0.0476. The van der Waals surface area contributed by atoms with Gasteiger partial charge in [0, 0.05) is 28.8 Å². The highest BCUT2D eigenvalue weighted by molar-refractivity contribution is 7.78. The maximum atomic E-state index is 12.5. The Kier molecular flexibility index (Phi) is 4.43. The maximum absolute atomic E-state index is 12.5. The van der Waals surface area contributed by atoms with Gasteiger partial charge in [0.15, 0.2) is 5.60 Å². The van der Waals surface area contributed by atoms with Crippen LogP contribution in [0.15, 0.2) is 65.8 Å². The van der Waals surface area contributed by atoms with Crippen LogP contribution in [0.5, 0.6) is 23.0 Å². The topological polar surface area (TPSA) is 109 Å². The second-order valence-corrected chi connectivity index (χ2v) is 6.45. The van der Waals surface area contributed by atoms with Crippen molar-refractivity contribution in [3.63, 3.8) is 0 Å². The molecule has 3 N–H and O–H groups in total. The van der Waals surface area contributed by atoms with E-state index in [4.69, 9.17) is 14.7 Å².